The molecule has 5 heteroatoms. The molecule has 4 nitrogen and oxygen atoms in total. The van der Waals surface area contributed by atoms with Crippen LogP contribution in [0, 0.1) is 12.3 Å². The predicted octanol–water partition coefficient (Wildman–Crippen LogP) is 2.72. The Morgan fingerprint density at radius 2 is 2.29 bits per heavy atom. The molecule has 2 unspecified atom stereocenters. The lowest BCUT2D eigenvalue weighted by atomic mass is 9.90. The molecule has 1 aliphatic rings. The van der Waals surface area contributed by atoms with Crippen molar-refractivity contribution in [3.63, 3.8) is 0 Å². The van der Waals surface area contributed by atoms with Gasteiger partial charge in [-0.25, -0.2) is 0 Å². The normalized spacial score (nSPS) is 23.2. The molecule has 1 amide bonds. The number of likely N-dealkylation sites (tertiary alicyclic amines) is 1. The van der Waals surface area contributed by atoms with Gasteiger partial charge in [0.1, 0.15) is 5.75 Å². The summed E-state index contributed by atoms with van der Waals surface area (Å²) in [5, 5.41) is 0. The van der Waals surface area contributed by atoms with E-state index in [2.05, 4.69) is 22.9 Å². The third kappa shape index (κ3) is 3.77. The molecule has 1 saturated heterocycles. The molecule has 1 aromatic carbocycles. The summed E-state index contributed by atoms with van der Waals surface area (Å²) in [6, 6.07) is 5.84. The molecule has 0 saturated carbocycles. The third-order valence-corrected chi connectivity index (χ3v) is 4.72. The highest BCUT2D eigenvalue weighted by atomic mass is 79.9. The SMILES string of the molecule is Cc1ccc(OC(C)C(=O)N2CCC(C)(CN)C2)c(Br)c1. The molecule has 2 rings (SSSR count). The van der Waals surface area contributed by atoms with Crippen LogP contribution in [0.25, 0.3) is 0 Å². The Balaban J connectivity index is 2.00. The molecular formula is C16H23BrN2O2. The van der Waals surface area contributed by atoms with E-state index in [1.807, 2.05) is 30.0 Å². The van der Waals surface area contributed by atoms with Gasteiger partial charge in [-0.1, -0.05) is 13.0 Å². The van der Waals surface area contributed by atoms with Crippen molar-refractivity contribution in [2.75, 3.05) is 19.6 Å². The summed E-state index contributed by atoms with van der Waals surface area (Å²) in [5.74, 6) is 0.724. The quantitative estimate of drug-likeness (QED) is 0.904. The largest absolute Gasteiger partial charge is 0.480 e. The highest BCUT2D eigenvalue weighted by Gasteiger charge is 2.36. The van der Waals surface area contributed by atoms with Crippen LogP contribution < -0.4 is 10.5 Å². The first-order valence-electron chi connectivity index (χ1n) is 7.26. The van der Waals surface area contributed by atoms with Gasteiger partial charge in [0.2, 0.25) is 0 Å². The fourth-order valence-corrected chi connectivity index (χ4v) is 3.16. The van der Waals surface area contributed by atoms with E-state index in [1.165, 1.54) is 0 Å². The zero-order valence-corrected chi connectivity index (χ0v) is 14.4. The van der Waals surface area contributed by atoms with Crippen molar-refractivity contribution in [3.05, 3.63) is 28.2 Å². The van der Waals surface area contributed by atoms with Gasteiger partial charge in [-0.15, -0.1) is 0 Å². The molecule has 0 radical (unpaired) electrons. The molecule has 116 valence electrons. The Morgan fingerprint density at radius 1 is 1.57 bits per heavy atom. The van der Waals surface area contributed by atoms with Crippen LogP contribution in [-0.2, 0) is 4.79 Å². The monoisotopic (exact) mass is 354 g/mol. The van der Waals surface area contributed by atoms with Gasteiger partial charge < -0.3 is 15.4 Å². The Kier molecular flexibility index (Phi) is 4.94. The Morgan fingerprint density at radius 3 is 2.86 bits per heavy atom. The van der Waals surface area contributed by atoms with Crippen LogP contribution in [0.15, 0.2) is 22.7 Å². The maximum atomic E-state index is 12.5. The molecule has 1 fully saturated rings. The van der Waals surface area contributed by atoms with E-state index in [4.69, 9.17) is 10.5 Å². The van der Waals surface area contributed by atoms with Gasteiger partial charge in [0, 0.05) is 13.1 Å². The predicted molar refractivity (Wildman–Crippen MR) is 87.3 cm³/mol. The first-order chi connectivity index (χ1) is 9.84. The molecule has 0 spiro atoms. The second-order valence-corrected chi connectivity index (χ2v) is 7.07. The van der Waals surface area contributed by atoms with Crippen molar-refractivity contribution < 1.29 is 9.53 Å². The Hall–Kier alpha value is -1.07. The van der Waals surface area contributed by atoms with E-state index in [9.17, 15) is 4.79 Å². The fourth-order valence-electron chi connectivity index (χ4n) is 2.58. The maximum Gasteiger partial charge on any atom is 0.263 e. The second-order valence-electron chi connectivity index (χ2n) is 6.22. The maximum absolute atomic E-state index is 12.5. The number of halogens is 1. The molecule has 21 heavy (non-hydrogen) atoms. The number of rotatable bonds is 4. The first kappa shape index (κ1) is 16.3. The summed E-state index contributed by atoms with van der Waals surface area (Å²) in [6.07, 6.45) is 0.458. The topological polar surface area (TPSA) is 55.6 Å². The van der Waals surface area contributed by atoms with Gasteiger partial charge in [0.05, 0.1) is 4.47 Å². The van der Waals surface area contributed by atoms with E-state index in [1.54, 1.807) is 6.92 Å². The minimum Gasteiger partial charge on any atom is -0.480 e. The molecule has 1 aromatic rings. The number of nitrogens with two attached hydrogens (primary N) is 1. The number of nitrogens with zero attached hydrogens (tertiary/aromatic N) is 1. The van der Waals surface area contributed by atoms with E-state index in [0.717, 1.165) is 23.0 Å². The number of carbonyl (C=O) groups excluding carboxylic acids is 1. The van der Waals surface area contributed by atoms with Gasteiger partial charge in [-0.2, -0.15) is 0 Å². The van der Waals surface area contributed by atoms with E-state index in [-0.39, 0.29) is 11.3 Å². The average molecular weight is 355 g/mol. The van der Waals surface area contributed by atoms with Crippen LogP contribution in [0.1, 0.15) is 25.8 Å². The number of benzene rings is 1. The summed E-state index contributed by atoms with van der Waals surface area (Å²) in [6.45, 7) is 8.02. The highest BCUT2D eigenvalue weighted by molar-refractivity contribution is 9.10. The Bertz CT molecular complexity index is 535. The van der Waals surface area contributed by atoms with E-state index < -0.39 is 6.10 Å². The fraction of sp³-hybridized carbons (Fsp3) is 0.562. The van der Waals surface area contributed by atoms with Gasteiger partial charge in [0.25, 0.3) is 5.91 Å². The number of hydrogen-bond acceptors (Lipinski definition) is 3. The summed E-state index contributed by atoms with van der Waals surface area (Å²) in [7, 11) is 0. The van der Waals surface area contributed by atoms with Gasteiger partial charge >= 0.3 is 0 Å². The number of hydrogen-bond donors (Lipinski definition) is 1. The van der Waals surface area contributed by atoms with Crippen LogP contribution in [0.4, 0.5) is 0 Å². The lowest BCUT2D eigenvalue weighted by Gasteiger charge is -2.25. The van der Waals surface area contributed by atoms with Crippen molar-refractivity contribution in [3.8, 4) is 5.75 Å². The Labute approximate surface area is 134 Å². The van der Waals surface area contributed by atoms with Crippen LogP contribution in [0.2, 0.25) is 0 Å². The zero-order chi connectivity index (χ0) is 15.6. The van der Waals surface area contributed by atoms with E-state index in [0.29, 0.717) is 18.8 Å². The summed E-state index contributed by atoms with van der Waals surface area (Å²) < 4.78 is 6.68. The minimum atomic E-state index is -0.496. The second kappa shape index (κ2) is 6.36. The molecule has 2 atom stereocenters. The summed E-state index contributed by atoms with van der Waals surface area (Å²) >= 11 is 3.47. The van der Waals surface area contributed by atoms with Gasteiger partial charge in [0.15, 0.2) is 6.10 Å². The first-order valence-corrected chi connectivity index (χ1v) is 8.05. The van der Waals surface area contributed by atoms with Crippen molar-refractivity contribution in [2.45, 2.75) is 33.3 Å². The molecule has 0 bridgehead atoms. The molecule has 1 aliphatic heterocycles. The van der Waals surface area contributed by atoms with Crippen molar-refractivity contribution in [1.82, 2.24) is 4.90 Å². The average Bonchev–Trinajstić information content (AvgIpc) is 2.84. The molecule has 1 heterocycles. The molecular weight excluding hydrogens is 332 g/mol. The van der Waals surface area contributed by atoms with Crippen LogP contribution >= 0.6 is 15.9 Å². The van der Waals surface area contributed by atoms with Gasteiger partial charge in [-0.05, 0) is 65.9 Å². The van der Waals surface area contributed by atoms with Crippen LogP contribution in [-0.4, -0.2) is 36.5 Å². The standard InChI is InChI=1S/C16H23BrN2O2/c1-11-4-5-14(13(17)8-11)21-12(2)15(20)19-7-6-16(3,9-18)10-19/h4-5,8,12H,6-7,9-10,18H2,1-3H3. The number of ether oxygens (including phenoxy) is 1. The number of aryl methyl sites for hydroxylation is 1. The zero-order valence-electron chi connectivity index (χ0n) is 12.9. The summed E-state index contributed by atoms with van der Waals surface area (Å²) in [4.78, 5) is 14.3. The summed E-state index contributed by atoms with van der Waals surface area (Å²) in [5.41, 5.74) is 6.98. The van der Waals surface area contributed by atoms with Crippen molar-refractivity contribution >= 4 is 21.8 Å². The van der Waals surface area contributed by atoms with Crippen LogP contribution in [0.3, 0.4) is 0 Å². The lowest BCUT2D eigenvalue weighted by molar-refractivity contribution is -0.137. The van der Waals surface area contributed by atoms with Crippen molar-refractivity contribution in [1.29, 1.82) is 0 Å². The number of amides is 1. The van der Waals surface area contributed by atoms with Crippen LogP contribution in [0.5, 0.6) is 5.75 Å². The van der Waals surface area contributed by atoms with Crippen molar-refractivity contribution in [2.24, 2.45) is 11.1 Å². The highest BCUT2D eigenvalue weighted by Crippen LogP contribution is 2.30. The van der Waals surface area contributed by atoms with E-state index >= 15 is 0 Å². The number of carbonyl (C=O) groups is 1. The lowest BCUT2D eigenvalue weighted by Crippen LogP contribution is -2.41. The third-order valence-electron chi connectivity index (χ3n) is 4.10. The molecule has 2 N–H and O–H groups in total. The molecule has 0 aromatic heterocycles. The smallest absolute Gasteiger partial charge is 0.263 e. The van der Waals surface area contributed by atoms with Gasteiger partial charge in [-0.3, -0.25) is 4.79 Å². The molecule has 0 aliphatic carbocycles. The minimum absolute atomic E-state index is 0.0275.